The molecule has 1 heterocycles. The number of rotatable bonds is 4. The van der Waals surface area contributed by atoms with Crippen molar-refractivity contribution in [1.82, 2.24) is 9.78 Å². The van der Waals surface area contributed by atoms with Crippen LogP contribution in [0.2, 0.25) is 19.6 Å². The zero-order valence-corrected chi connectivity index (χ0v) is 9.45. The molecule has 0 radical (unpaired) electrons. The van der Waals surface area contributed by atoms with Crippen molar-refractivity contribution in [2.45, 2.75) is 26.4 Å². The topological polar surface area (TPSA) is 53.1 Å². The third-order valence-corrected chi connectivity index (χ3v) is 2.48. The highest BCUT2D eigenvalue weighted by atomic mass is 28.3. The average Bonchev–Trinajstić information content (AvgIpc) is 2.33. The fourth-order valence-electron chi connectivity index (χ4n) is 0.896. The van der Waals surface area contributed by atoms with Gasteiger partial charge < -0.3 is 10.5 Å². The van der Waals surface area contributed by atoms with Crippen LogP contribution in [0.5, 0.6) is 0 Å². The molecule has 0 saturated heterocycles. The minimum Gasteiger partial charge on any atom is -0.396 e. The van der Waals surface area contributed by atoms with Gasteiger partial charge in [0.25, 0.3) is 0 Å². The predicted molar refractivity (Wildman–Crippen MR) is 55.9 cm³/mol. The molecule has 0 bridgehead atoms. The van der Waals surface area contributed by atoms with Gasteiger partial charge in [-0.1, -0.05) is 19.6 Å². The Bertz CT molecular complexity index is 267. The lowest BCUT2D eigenvalue weighted by Crippen LogP contribution is -2.28. The molecule has 0 amide bonds. The third-order valence-electron chi connectivity index (χ3n) is 1.41. The van der Waals surface area contributed by atoms with Gasteiger partial charge in [0, 0.05) is 6.23 Å². The van der Waals surface area contributed by atoms with Crippen molar-refractivity contribution in [1.29, 1.82) is 0 Å². The van der Waals surface area contributed by atoms with Crippen LogP contribution in [0.15, 0.2) is 12.4 Å². The van der Waals surface area contributed by atoms with Gasteiger partial charge >= 0.3 is 0 Å². The van der Waals surface area contributed by atoms with E-state index in [0.717, 1.165) is 6.23 Å². The number of anilines is 1. The number of nitrogens with two attached hydrogens (primary N) is 1. The molecule has 0 unspecified atom stereocenters. The molecule has 0 fully saturated rings. The number of nitrogen functional groups attached to an aromatic ring is 1. The van der Waals surface area contributed by atoms with Crippen molar-refractivity contribution in [2.75, 3.05) is 12.0 Å². The summed E-state index contributed by atoms with van der Waals surface area (Å²) in [6, 6.07) is 0. The first-order valence-corrected chi connectivity index (χ1v) is 8.04. The van der Waals surface area contributed by atoms with Crippen molar-refractivity contribution < 1.29 is 4.74 Å². The molecule has 5 heteroatoms. The largest absolute Gasteiger partial charge is 0.396 e. The molecule has 74 valence electrons. The summed E-state index contributed by atoms with van der Waals surface area (Å²) in [5.74, 6) is 0. The second kappa shape index (κ2) is 3.93. The quantitative estimate of drug-likeness (QED) is 0.744. The fraction of sp³-hybridized carbons (Fsp3) is 0.625. The summed E-state index contributed by atoms with van der Waals surface area (Å²) < 4.78 is 7.21. The first-order chi connectivity index (χ1) is 5.97. The Labute approximate surface area is 79.7 Å². The van der Waals surface area contributed by atoms with Gasteiger partial charge in [-0.2, -0.15) is 5.10 Å². The van der Waals surface area contributed by atoms with E-state index >= 15 is 0 Å². The molecule has 0 atom stereocenters. The summed E-state index contributed by atoms with van der Waals surface area (Å²) in [6.45, 7) is 7.31. The second-order valence-electron chi connectivity index (χ2n) is 4.35. The molecule has 1 aromatic rings. The molecular formula is C8H17N3OSi. The van der Waals surface area contributed by atoms with Crippen LogP contribution in [0.25, 0.3) is 0 Å². The maximum absolute atomic E-state index is 5.51. The van der Waals surface area contributed by atoms with E-state index in [1.165, 1.54) is 0 Å². The fourth-order valence-corrected chi connectivity index (χ4v) is 1.60. The van der Waals surface area contributed by atoms with Gasteiger partial charge in [0.1, 0.15) is 6.73 Å². The van der Waals surface area contributed by atoms with E-state index in [0.29, 0.717) is 12.4 Å². The summed E-state index contributed by atoms with van der Waals surface area (Å²) in [5, 5.41) is 4.02. The predicted octanol–water partition coefficient (Wildman–Crippen LogP) is 1.32. The van der Waals surface area contributed by atoms with Crippen LogP contribution in [0.3, 0.4) is 0 Å². The minimum atomic E-state index is -1.10. The van der Waals surface area contributed by atoms with Crippen LogP contribution in [0, 0.1) is 0 Å². The number of nitrogens with zero attached hydrogens (tertiary/aromatic N) is 2. The average molecular weight is 199 g/mol. The van der Waals surface area contributed by atoms with Crippen molar-refractivity contribution in [3.05, 3.63) is 12.4 Å². The molecule has 0 aliphatic carbocycles. The Kier molecular flexibility index (Phi) is 3.10. The highest BCUT2D eigenvalue weighted by molar-refractivity contribution is 6.76. The number of ether oxygens (including phenoxy) is 1. The van der Waals surface area contributed by atoms with Gasteiger partial charge in [-0.25, -0.2) is 4.68 Å². The molecule has 2 N–H and O–H groups in total. The van der Waals surface area contributed by atoms with Crippen LogP contribution < -0.4 is 5.73 Å². The second-order valence-corrected chi connectivity index (χ2v) is 9.76. The normalized spacial score (nSPS) is 11.9. The van der Waals surface area contributed by atoms with Crippen molar-refractivity contribution >= 4 is 13.8 Å². The van der Waals surface area contributed by atoms with Gasteiger partial charge in [0.2, 0.25) is 0 Å². The Morgan fingerprint density at radius 2 is 2.23 bits per heavy atom. The van der Waals surface area contributed by atoms with Crippen LogP contribution in [-0.2, 0) is 11.5 Å². The molecule has 13 heavy (non-hydrogen) atoms. The molecule has 0 aliphatic heterocycles. The standard InChI is InChI=1S/C8H17N3OSi/c1-13(2,3)7-12-6-11-5-8(9)4-10-11/h4-5H,6-7,9H2,1-3H3. The van der Waals surface area contributed by atoms with Crippen molar-refractivity contribution in [2.24, 2.45) is 0 Å². The van der Waals surface area contributed by atoms with E-state index in [1.54, 1.807) is 17.1 Å². The first kappa shape index (κ1) is 10.3. The Hall–Kier alpha value is -0.813. The van der Waals surface area contributed by atoms with Gasteiger partial charge in [-0.3, -0.25) is 0 Å². The monoisotopic (exact) mass is 199 g/mol. The van der Waals surface area contributed by atoms with Crippen molar-refractivity contribution in [3.8, 4) is 0 Å². The first-order valence-electron chi connectivity index (χ1n) is 4.33. The Balaban J connectivity index is 2.28. The van der Waals surface area contributed by atoms with Crippen LogP contribution in [0.1, 0.15) is 0 Å². The number of aromatic nitrogens is 2. The van der Waals surface area contributed by atoms with E-state index in [1.807, 2.05) is 0 Å². The summed E-state index contributed by atoms with van der Waals surface area (Å²) in [6.07, 6.45) is 4.24. The van der Waals surface area contributed by atoms with Crippen molar-refractivity contribution in [3.63, 3.8) is 0 Å². The molecule has 0 aromatic carbocycles. The van der Waals surface area contributed by atoms with E-state index in [9.17, 15) is 0 Å². The number of hydrogen-bond acceptors (Lipinski definition) is 3. The third kappa shape index (κ3) is 4.09. The highest BCUT2D eigenvalue weighted by Gasteiger charge is 2.12. The molecular weight excluding hydrogens is 182 g/mol. The van der Waals surface area contributed by atoms with E-state index in [4.69, 9.17) is 10.5 Å². The van der Waals surface area contributed by atoms with Gasteiger partial charge in [0.15, 0.2) is 0 Å². The van der Waals surface area contributed by atoms with E-state index in [2.05, 4.69) is 24.7 Å². The maximum atomic E-state index is 5.51. The zero-order valence-electron chi connectivity index (χ0n) is 8.45. The maximum Gasteiger partial charge on any atom is 0.138 e. The SMILES string of the molecule is C[Si](C)(C)COCn1cc(N)cn1. The smallest absolute Gasteiger partial charge is 0.138 e. The molecule has 0 spiro atoms. The van der Waals surface area contributed by atoms with E-state index < -0.39 is 8.07 Å². The Morgan fingerprint density at radius 1 is 1.54 bits per heavy atom. The lowest BCUT2D eigenvalue weighted by molar-refractivity contribution is 0.0998. The molecule has 1 aromatic heterocycles. The number of hydrogen-bond donors (Lipinski definition) is 1. The van der Waals surface area contributed by atoms with Gasteiger partial charge in [-0.05, 0) is 0 Å². The minimum absolute atomic E-state index is 0.501. The summed E-state index contributed by atoms with van der Waals surface area (Å²) in [7, 11) is -1.10. The Morgan fingerprint density at radius 3 is 2.69 bits per heavy atom. The van der Waals surface area contributed by atoms with Crippen LogP contribution >= 0.6 is 0 Å². The van der Waals surface area contributed by atoms with Gasteiger partial charge in [0.05, 0.1) is 26.2 Å². The molecule has 0 saturated carbocycles. The molecule has 0 aliphatic rings. The van der Waals surface area contributed by atoms with Crippen LogP contribution in [0.4, 0.5) is 5.69 Å². The highest BCUT2D eigenvalue weighted by Crippen LogP contribution is 2.02. The lowest BCUT2D eigenvalue weighted by Gasteiger charge is -2.15. The zero-order chi connectivity index (χ0) is 9.90. The molecule has 4 nitrogen and oxygen atoms in total. The summed E-state index contributed by atoms with van der Waals surface area (Å²) in [4.78, 5) is 0. The van der Waals surface area contributed by atoms with Gasteiger partial charge in [-0.15, -0.1) is 0 Å². The lowest BCUT2D eigenvalue weighted by atomic mass is 10.6. The molecule has 1 rings (SSSR count). The van der Waals surface area contributed by atoms with Crippen LogP contribution in [-0.4, -0.2) is 24.1 Å². The summed E-state index contributed by atoms with van der Waals surface area (Å²) >= 11 is 0. The van der Waals surface area contributed by atoms with E-state index in [-0.39, 0.29) is 0 Å². The summed E-state index contributed by atoms with van der Waals surface area (Å²) in [5.41, 5.74) is 6.18.